The number of fused-ring (bicyclic) bond motifs is 2. The van der Waals surface area contributed by atoms with Crippen molar-refractivity contribution in [3.63, 3.8) is 0 Å². The van der Waals surface area contributed by atoms with Gasteiger partial charge in [-0.2, -0.15) is 0 Å². The molecule has 1 heterocycles. The van der Waals surface area contributed by atoms with E-state index in [1.807, 2.05) is 31.2 Å². The molecule has 0 saturated carbocycles. The Kier molecular flexibility index (Phi) is 3.61. The van der Waals surface area contributed by atoms with Gasteiger partial charge in [0.25, 0.3) is 10.0 Å². The maximum absolute atomic E-state index is 13.4. The van der Waals surface area contributed by atoms with Gasteiger partial charge in [-0.3, -0.25) is 4.31 Å². The summed E-state index contributed by atoms with van der Waals surface area (Å²) in [6.45, 7) is 2.39. The van der Waals surface area contributed by atoms with Crippen molar-refractivity contribution in [2.45, 2.75) is 37.0 Å². The standard InChI is InChI=1S/C19H19NO4S/c1-12-11-20(17-8-3-2-6-15(12)17)25(23,24)18-10-14(19(21)22)9-13-5-4-7-16(13)18/h2-3,6,8-10,12H,4-5,7,11H2,1H3,(H,21,22). The second-order valence-electron chi connectivity index (χ2n) is 6.77. The predicted octanol–water partition coefficient (Wildman–Crippen LogP) is 3.19. The second kappa shape index (κ2) is 5.59. The highest BCUT2D eigenvalue weighted by atomic mass is 32.2. The second-order valence-corrected chi connectivity index (χ2v) is 8.60. The van der Waals surface area contributed by atoms with Crippen molar-refractivity contribution in [3.8, 4) is 0 Å². The van der Waals surface area contributed by atoms with Crippen LogP contribution in [0.15, 0.2) is 41.3 Å². The first-order valence-corrected chi connectivity index (χ1v) is 9.84. The zero-order chi connectivity index (χ0) is 17.8. The Balaban J connectivity index is 1.89. The van der Waals surface area contributed by atoms with Crippen LogP contribution in [0, 0.1) is 0 Å². The van der Waals surface area contributed by atoms with Crippen LogP contribution in [0.4, 0.5) is 5.69 Å². The highest BCUT2D eigenvalue weighted by Gasteiger charge is 2.37. The van der Waals surface area contributed by atoms with Crippen molar-refractivity contribution in [3.05, 3.63) is 58.7 Å². The number of hydrogen-bond donors (Lipinski definition) is 1. The number of sulfonamides is 1. The van der Waals surface area contributed by atoms with E-state index in [4.69, 9.17) is 0 Å². The number of aryl methyl sites for hydroxylation is 1. The molecule has 2 aromatic carbocycles. The summed E-state index contributed by atoms with van der Waals surface area (Å²) in [5, 5.41) is 9.36. The average Bonchev–Trinajstić information content (AvgIpc) is 3.19. The van der Waals surface area contributed by atoms with Crippen LogP contribution in [0.5, 0.6) is 0 Å². The zero-order valence-electron chi connectivity index (χ0n) is 13.9. The van der Waals surface area contributed by atoms with E-state index in [0.29, 0.717) is 18.7 Å². The van der Waals surface area contributed by atoms with Gasteiger partial charge in [0.2, 0.25) is 0 Å². The van der Waals surface area contributed by atoms with E-state index >= 15 is 0 Å². The van der Waals surface area contributed by atoms with Gasteiger partial charge in [-0.15, -0.1) is 0 Å². The molecule has 0 saturated heterocycles. The number of carboxylic acid groups (broad SMARTS) is 1. The highest BCUT2D eigenvalue weighted by Crippen LogP contribution is 2.41. The van der Waals surface area contributed by atoms with Gasteiger partial charge in [0.1, 0.15) is 0 Å². The number of para-hydroxylation sites is 1. The number of rotatable bonds is 3. The Hall–Kier alpha value is -2.34. The molecule has 2 aromatic rings. The van der Waals surface area contributed by atoms with Gasteiger partial charge < -0.3 is 5.11 Å². The highest BCUT2D eigenvalue weighted by molar-refractivity contribution is 7.93. The molecule has 0 fully saturated rings. The first kappa shape index (κ1) is 16.1. The van der Waals surface area contributed by atoms with Crippen LogP contribution < -0.4 is 4.31 Å². The van der Waals surface area contributed by atoms with Crippen molar-refractivity contribution in [2.24, 2.45) is 0 Å². The summed E-state index contributed by atoms with van der Waals surface area (Å²) in [5.74, 6) is -0.983. The number of nitrogens with zero attached hydrogens (tertiary/aromatic N) is 1. The minimum absolute atomic E-state index is 0.0414. The van der Waals surface area contributed by atoms with E-state index in [2.05, 4.69) is 0 Å². The first-order chi connectivity index (χ1) is 11.9. The molecule has 0 radical (unpaired) electrons. The van der Waals surface area contributed by atoms with Crippen LogP contribution in [-0.4, -0.2) is 26.0 Å². The lowest BCUT2D eigenvalue weighted by atomic mass is 10.0. The van der Waals surface area contributed by atoms with Crippen LogP contribution in [0.25, 0.3) is 0 Å². The molecule has 0 spiro atoms. The average molecular weight is 357 g/mol. The molecule has 0 bridgehead atoms. The van der Waals surface area contributed by atoms with Gasteiger partial charge in [0.15, 0.2) is 0 Å². The Labute approximate surface area is 147 Å². The van der Waals surface area contributed by atoms with Crippen LogP contribution >= 0.6 is 0 Å². The van der Waals surface area contributed by atoms with E-state index < -0.39 is 16.0 Å². The molecule has 1 unspecified atom stereocenters. The van der Waals surface area contributed by atoms with E-state index in [-0.39, 0.29) is 16.4 Å². The minimum atomic E-state index is -3.80. The number of hydrogen-bond acceptors (Lipinski definition) is 3. The van der Waals surface area contributed by atoms with Crippen LogP contribution in [0.3, 0.4) is 0 Å². The van der Waals surface area contributed by atoms with E-state index in [0.717, 1.165) is 29.5 Å². The van der Waals surface area contributed by atoms with Crippen molar-refractivity contribution < 1.29 is 18.3 Å². The number of aromatic carboxylic acids is 1. The van der Waals surface area contributed by atoms with Crippen LogP contribution in [0.2, 0.25) is 0 Å². The van der Waals surface area contributed by atoms with Gasteiger partial charge in [-0.25, -0.2) is 13.2 Å². The zero-order valence-corrected chi connectivity index (χ0v) is 14.7. The molecule has 0 aromatic heterocycles. The molecule has 1 atom stereocenters. The number of carbonyl (C=O) groups is 1. The Morgan fingerprint density at radius 1 is 1.20 bits per heavy atom. The van der Waals surface area contributed by atoms with E-state index in [9.17, 15) is 18.3 Å². The maximum atomic E-state index is 13.4. The molecular weight excluding hydrogens is 338 g/mol. The molecule has 2 aliphatic rings. The molecular formula is C19H19NO4S. The van der Waals surface area contributed by atoms with Gasteiger partial charge in [-0.1, -0.05) is 25.1 Å². The molecule has 130 valence electrons. The summed E-state index contributed by atoms with van der Waals surface area (Å²) in [6.07, 6.45) is 2.26. The van der Waals surface area contributed by atoms with Gasteiger partial charge in [0, 0.05) is 12.5 Å². The molecule has 1 aliphatic carbocycles. The van der Waals surface area contributed by atoms with Gasteiger partial charge in [-0.05, 0) is 54.2 Å². The summed E-state index contributed by atoms with van der Waals surface area (Å²) in [4.78, 5) is 11.6. The van der Waals surface area contributed by atoms with Crippen LogP contribution in [-0.2, 0) is 22.9 Å². The quantitative estimate of drug-likeness (QED) is 0.915. The lowest BCUT2D eigenvalue weighted by molar-refractivity contribution is 0.0696. The summed E-state index contributed by atoms with van der Waals surface area (Å²) in [5.41, 5.74) is 3.38. The largest absolute Gasteiger partial charge is 0.478 e. The fraction of sp³-hybridized carbons (Fsp3) is 0.316. The monoisotopic (exact) mass is 357 g/mol. The van der Waals surface area contributed by atoms with Gasteiger partial charge in [0.05, 0.1) is 16.1 Å². The van der Waals surface area contributed by atoms with Crippen molar-refractivity contribution in [2.75, 3.05) is 10.8 Å². The summed E-state index contributed by atoms with van der Waals surface area (Å²) in [7, 11) is -3.80. The molecule has 25 heavy (non-hydrogen) atoms. The van der Waals surface area contributed by atoms with Crippen molar-refractivity contribution >= 4 is 21.7 Å². The fourth-order valence-electron chi connectivity index (χ4n) is 3.94. The number of carboxylic acids is 1. The SMILES string of the molecule is CC1CN(S(=O)(=O)c2cc(C(=O)O)cc3c2CCC3)c2ccccc21. The lowest BCUT2D eigenvalue weighted by Crippen LogP contribution is -2.30. The van der Waals surface area contributed by atoms with Crippen LogP contribution in [0.1, 0.15) is 46.3 Å². The fourth-order valence-corrected chi connectivity index (χ4v) is 5.85. The minimum Gasteiger partial charge on any atom is -0.478 e. The third kappa shape index (κ3) is 2.43. The smallest absolute Gasteiger partial charge is 0.335 e. The first-order valence-electron chi connectivity index (χ1n) is 8.40. The summed E-state index contributed by atoms with van der Waals surface area (Å²) < 4.78 is 28.3. The van der Waals surface area contributed by atoms with Crippen molar-refractivity contribution in [1.29, 1.82) is 0 Å². The summed E-state index contributed by atoms with van der Waals surface area (Å²) in [6, 6.07) is 10.5. The molecule has 6 heteroatoms. The number of anilines is 1. The summed E-state index contributed by atoms with van der Waals surface area (Å²) >= 11 is 0. The van der Waals surface area contributed by atoms with E-state index in [1.165, 1.54) is 10.4 Å². The molecule has 5 nitrogen and oxygen atoms in total. The Bertz CT molecular complexity index is 981. The van der Waals surface area contributed by atoms with Gasteiger partial charge >= 0.3 is 5.97 Å². The normalized spacial score (nSPS) is 18.9. The maximum Gasteiger partial charge on any atom is 0.335 e. The molecule has 4 rings (SSSR count). The third-order valence-corrected chi connectivity index (χ3v) is 7.01. The topological polar surface area (TPSA) is 74.7 Å². The van der Waals surface area contributed by atoms with E-state index in [1.54, 1.807) is 6.07 Å². The Morgan fingerprint density at radius 2 is 1.96 bits per heavy atom. The molecule has 0 amide bonds. The number of benzene rings is 2. The lowest BCUT2D eigenvalue weighted by Gasteiger charge is -2.22. The molecule has 1 aliphatic heterocycles. The van der Waals surface area contributed by atoms with Crippen molar-refractivity contribution in [1.82, 2.24) is 0 Å². The third-order valence-electron chi connectivity index (χ3n) is 5.17. The Morgan fingerprint density at radius 3 is 2.72 bits per heavy atom. The molecule has 1 N–H and O–H groups in total. The predicted molar refractivity (Wildman–Crippen MR) is 94.8 cm³/mol.